The van der Waals surface area contributed by atoms with E-state index in [2.05, 4.69) is 10.3 Å². The Labute approximate surface area is 130 Å². The molecule has 0 saturated heterocycles. The van der Waals surface area contributed by atoms with Crippen molar-refractivity contribution in [2.75, 3.05) is 5.75 Å². The van der Waals surface area contributed by atoms with Crippen LogP contribution in [-0.2, 0) is 11.3 Å². The van der Waals surface area contributed by atoms with E-state index in [0.717, 1.165) is 10.6 Å². The van der Waals surface area contributed by atoms with Gasteiger partial charge in [-0.05, 0) is 18.4 Å². The maximum Gasteiger partial charge on any atom is 0.257 e. The second-order valence-electron chi connectivity index (χ2n) is 4.92. The van der Waals surface area contributed by atoms with Gasteiger partial charge in [-0.15, -0.1) is 11.3 Å². The van der Waals surface area contributed by atoms with Crippen LogP contribution < -0.4 is 10.9 Å². The summed E-state index contributed by atoms with van der Waals surface area (Å²) in [6.07, 6.45) is 1.91. The molecule has 0 aliphatic carbocycles. The number of hydrogen-bond acceptors (Lipinski definition) is 5. The average molecular weight is 321 g/mol. The first-order valence-corrected chi connectivity index (χ1v) is 8.51. The molecule has 1 unspecified atom stereocenters. The molecule has 5 nitrogen and oxygen atoms in total. The summed E-state index contributed by atoms with van der Waals surface area (Å²) in [6.45, 7) is 2.30. The minimum atomic E-state index is -0.103. The second-order valence-corrected chi connectivity index (χ2v) is 6.94. The summed E-state index contributed by atoms with van der Waals surface area (Å²) in [5.74, 6) is 0.688. The van der Waals surface area contributed by atoms with E-state index < -0.39 is 0 Å². The fourth-order valence-electron chi connectivity index (χ4n) is 2.26. The van der Waals surface area contributed by atoms with Crippen molar-refractivity contribution in [1.29, 1.82) is 0 Å². The molecule has 0 bridgehead atoms. The maximum atomic E-state index is 12.2. The molecular weight excluding hydrogens is 306 g/mol. The van der Waals surface area contributed by atoms with Gasteiger partial charge in [0.25, 0.3) is 5.56 Å². The molecule has 2 aromatic heterocycles. The van der Waals surface area contributed by atoms with Gasteiger partial charge in [0.1, 0.15) is 0 Å². The molecule has 3 heterocycles. The van der Waals surface area contributed by atoms with Gasteiger partial charge in [0.05, 0.1) is 12.6 Å². The van der Waals surface area contributed by atoms with Crippen LogP contribution in [0.2, 0.25) is 0 Å². The lowest BCUT2D eigenvalue weighted by molar-refractivity contribution is -0.121. The number of carbonyl (C=O) groups is 1. The highest BCUT2D eigenvalue weighted by molar-refractivity contribution is 7.99. The number of nitrogens with one attached hydrogen (secondary N) is 1. The number of aryl methyl sites for hydroxylation is 1. The Bertz CT molecular complexity index is 710. The lowest BCUT2D eigenvalue weighted by atomic mass is 10.2. The van der Waals surface area contributed by atoms with Crippen molar-refractivity contribution < 1.29 is 4.79 Å². The quantitative estimate of drug-likeness (QED) is 0.875. The Balaban J connectivity index is 1.66. The van der Waals surface area contributed by atoms with E-state index in [9.17, 15) is 9.59 Å². The third kappa shape index (κ3) is 3.03. The Kier molecular flexibility index (Phi) is 4.12. The van der Waals surface area contributed by atoms with E-state index in [1.54, 1.807) is 29.0 Å². The number of hydrogen-bond donors (Lipinski definition) is 1. The van der Waals surface area contributed by atoms with Crippen molar-refractivity contribution in [3.8, 4) is 0 Å². The molecule has 2 aromatic rings. The first-order valence-electron chi connectivity index (χ1n) is 6.65. The standard InChI is InChI=1S/C14H15N3O2S2/c1-9-6-16-14-17(13(9)19)10(8-21-14)5-12(18)15-7-11-3-2-4-20-11/h2-4,6,10H,5,7-8H2,1H3,(H,15,18). The fourth-order valence-corrected chi connectivity index (χ4v) is 4.01. The number of carbonyl (C=O) groups excluding carboxylic acids is 1. The van der Waals surface area contributed by atoms with Gasteiger partial charge < -0.3 is 5.32 Å². The number of thioether (sulfide) groups is 1. The maximum absolute atomic E-state index is 12.2. The van der Waals surface area contributed by atoms with Gasteiger partial charge in [-0.25, -0.2) is 4.98 Å². The van der Waals surface area contributed by atoms with E-state index in [0.29, 0.717) is 23.7 Å². The summed E-state index contributed by atoms with van der Waals surface area (Å²) in [5, 5.41) is 5.60. The monoisotopic (exact) mass is 321 g/mol. The summed E-state index contributed by atoms with van der Waals surface area (Å²) >= 11 is 3.15. The molecule has 21 heavy (non-hydrogen) atoms. The predicted octanol–water partition coefficient (Wildman–Crippen LogP) is 1.97. The zero-order chi connectivity index (χ0) is 14.8. The summed E-state index contributed by atoms with van der Waals surface area (Å²) in [5.41, 5.74) is 0.575. The molecule has 0 saturated carbocycles. The molecule has 1 aliphatic rings. The van der Waals surface area contributed by atoms with Crippen LogP contribution in [0.5, 0.6) is 0 Å². The minimum Gasteiger partial charge on any atom is -0.351 e. The van der Waals surface area contributed by atoms with E-state index in [1.165, 1.54) is 11.8 Å². The smallest absolute Gasteiger partial charge is 0.257 e. The SMILES string of the molecule is Cc1cnc2n(c1=O)C(CC(=O)NCc1cccs1)CS2. The molecule has 3 rings (SSSR count). The predicted molar refractivity (Wildman–Crippen MR) is 83.8 cm³/mol. The summed E-state index contributed by atoms with van der Waals surface area (Å²) in [4.78, 5) is 29.6. The van der Waals surface area contributed by atoms with Gasteiger partial charge in [-0.1, -0.05) is 17.8 Å². The Hall–Kier alpha value is -1.60. The molecule has 0 fully saturated rings. The van der Waals surface area contributed by atoms with Crippen LogP contribution in [-0.4, -0.2) is 21.2 Å². The topological polar surface area (TPSA) is 64.0 Å². The molecule has 0 aromatic carbocycles. The van der Waals surface area contributed by atoms with Gasteiger partial charge in [-0.2, -0.15) is 0 Å². The molecule has 0 radical (unpaired) electrons. The molecule has 1 N–H and O–H groups in total. The highest BCUT2D eigenvalue weighted by atomic mass is 32.2. The van der Waals surface area contributed by atoms with Gasteiger partial charge >= 0.3 is 0 Å². The highest BCUT2D eigenvalue weighted by Crippen LogP contribution is 2.31. The minimum absolute atomic E-state index is 0.0322. The van der Waals surface area contributed by atoms with Crippen molar-refractivity contribution in [2.24, 2.45) is 0 Å². The van der Waals surface area contributed by atoms with Gasteiger partial charge in [0, 0.05) is 28.8 Å². The summed E-state index contributed by atoms with van der Waals surface area (Å²) in [7, 11) is 0. The van der Waals surface area contributed by atoms with Crippen LogP contribution in [0.1, 0.15) is 22.9 Å². The molecule has 110 valence electrons. The number of nitrogens with zero attached hydrogens (tertiary/aromatic N) is 2. The molecule has 1 aliphatic heterocycles. The van der Waals surface area contributed by atoms with Crippen LogP contribution in [0.15, 0.2) is 33.7 Å². The molecule has 0 spiro atoms. The number of thiophene rings is 1. The first kappa shape index (κ1) is 14.3. The first-order chi connectivity index (χ1) is 10.1. The zero-order valence-corrected chi connectivity index (χ0v) is 13.2. The van der Waals surface area contributed by atoms with E-state index in [4.69, 9.17) is 0 Å². The number of fused-ring (bicyclic) bond motifs is 1. The lowest BCUT2D eigenvalue weighted by Crippen LogP contribution is -2.31. The van der Waals surface area contributed by atoms with Crippen molar-refractivity contribution in [1.82, 2.24) is 14.9 Å². The summed E-state index contributed by atoms with van der Waals surface area (Å²) < 4.78 is 1.66. The second kappa shape index (κ2) is 6.03. The lowest BCUT2D eigenvalue weighted by Gasteiger charge is -2.13. The van der Waals surface area contributed by atoms with E-state index in [-0.39, 0.29) is 17.5 Å². The van der Waals surface area contributed by atoms with Crippen LogP contribution >= 0.6 is 23.1 Å². The average Bonchev–Trinajstić information content (AvgIpc) is 3.11. The normalized spacial score (nSPS) is 16.7. The van der Waals surface area contributed by atoms with Gasteiger partial charge in [0.15, 0.2) is 5.16 Å². The van der Waals surface area contributed by atoms with Crippen molar-refractivity contribution in [2.45, 2.75) is 31.1 Å². The Morgan fingerprint density at radius 3 is 3.19 bits per heavy atom. The molecular formula is C14H15N3O2S2. The number of rotatable bonds is 4. The molecule has 7 heteroatoms. The van der Waals surface area contributed by atoms with E-state index >= 15 is 0 Å². The van der Waals surface area contributed by atoms with Crippen LogP contribution in [0, 0.1) is 6.92 Å². The van der Waals surface area contributed by atoms with E-state index in [1.807, 2.05) is 17.5 Å². The summed E-state index contributed by atoms with van der Waals surface area (Å²) in [6, 6.07) is 3.85. The van der Waals surface area contributed by atoms with Crippen molar-refractivity contribution >= 4 is 29.0 Å². The Morgan fingerprint density at radius 2 is 2.43 bits per heavy atom. The van der Waals surface area contributed by atoms with Crippen LogP contribution in [0.25, 0.3) is 0 Å². The third-order valence-corrected chi connectivity index (χ3v) is 5.35. The van der Waals surface area contributed by atoms with Crippen molar-refractivity contribution in [3.05, 3.63) is 44.5 Å². The van der Waals surface area contributed by atoms with Gasteiger partial charge in [0.2, 0.25) is 5.91 Å². The van der Waals surface area contributed by atoms with Crippen LogP contribution in [0.3, 0.4) is 0 Å². The Morgan fingerprint density at radius 1 is 1.57 bits per heavy atom. The fraction of sp³-hybridized carbons (Fsp3) is 0.357. The van der Waals surface area contributed by atoms with Crippen LogP contribution in [0.4, 0.5) is 0 Å². The molecule has 1 atom stereocenters. The number of amides is 1. The molecule has 1 amide bonds. The van der Waals surface area contributed by atoms with Gasteiger partial charge in [-0.3, -0.25) is 14.2 Å². The largest absolute Gasteiger partial charge is 0.351 e. The zero-order valence-electron chi connectivity index (χ0n) is 11.5. The third-order valence-electron chi connectivity index (χ3n) is 3.36. The number of aromatic nitrogens is 2. The van der Waals surface area contributed by atoms with Crippen molar-refractivity contribution in [3.63, 3.8) is 0 Å². The highest BCUT2D eigenvalue weighted by Gasteiger charge is 2.27.